The lowest BCUT2D eigenvalue weighted by atomic mass is 9.80. The van der Waals surface area contributed by atoms with Crippen molar-refractivity contribution in [3.05, 3.63) is 113 Å². The van der Waals surface area contributed by atoms with Crippen molar-refractivity contribution in [1.82, 2.24) is 20.4 Å². The number of nitrogens with zero attached hydrogens (tertiary/aromatic N) is 4. The van der Waals surface area contributed by atoms with Gasteiger partial charge in [-0.25, -0.2) is 9.07 Å². The van der Waals surface area contributed by atoms with Crippen molar-refractivity contribution in [3.8, 4) is 11.9 Å². The van der Waals surface area contributed by atoms with Gasteiger partial charge in [0.25, 0.3) is 11.8 Å². The van der Waals surface area contributed by atoms with Crippen molar-refractivity contribution < 1.29 is 32.3 Å². The Morgan fingerprint density at radius 2 is 1.80 bits per heavy atom. The van der Waals surface area contributed by atoms with Gasteiger partial charge in [-0.15, -0.1) is 0 Å². The fraction of sp³-hybridized carbons (Fsp3) is 0.226. The number of amides is 2. The summed E-state index contributed by atoms with van der Waals surface area (Å²) in [5.74, 6) is -2.87. The lowest BCUT2D eigenvalue weighted by Gasteiger charge is -2.38. The maximum Gasteiger partial charge on any atom is 0.416 e. The van der Waals surface area contributed by atoms with Crippen LogP contribution in [-0.4, -0.2) is 45.8 Å². The highest BCUT2D eigenvalue weighted by Crippen LogP contribution is 2.45. The number of aliphatic hydroxyl groups excluding tert-OH is 1. The molecular formula is C31H26F4N6O3. The molecule has 9 nitrogen and oxygen atoms in total. The molecule has 2 heterocycles. The summed E-state index contributed by atoms with van der Waals surface area (Å²) in [6.07, 6.45) is -4.31. The molecule has 3 atom stereocenters. The Balaban J connectivity index is 1.72. The average Bonchev–Trinajstić information content (AvgIpc) is 3.41. The van der Waals surface area contributed by atoms with Gasteiger partial charge in [-0.2, -0.15) is 23.5 Å². The van der Waals surface area contributed by atoms with E-state index in [9.17, 15) is 32.3 Å². The molecular weight excluding hydrogens is 580 g/mol. The zero-order valence-electron chi connectivity index (χ0n) is 23.2. The van der Waals surface area contributed by atoms with Gasteiger partial charge < -0.3 is 15.7 Å². The van der Waals surface area contributed by atoms with Gasteiger partial charge in [0.1, 0.15) is 23.8 Å². The SMILES string of the molecule is CCN1C(=O)[C@H](NC(=O)c2cccc(C(F)(F)F)c2)[C@H](c2ccc(F)cc2)c2c([C@H](O)CNC#N)nn(-c3ccccc3)c21. The number of fused-ring (bicyclic) bond motifs is 1. The number of aromatic nitrogens is 2. The van der Waals surface area contributed by atoms with E-state index < -0.39 is 47.4 Å². The maximum absolute atomic E-state index is 14.2. The highest BCUT2D eigenvalue weighted by atomic mass is 19.4. The molecule has 1 aromatic heterocycles. The van der Waals surface area contributed by atoms with Crippen LogP contribution in [0.3, 0.4) is 0 Å². The molecule has 1 aliphatic rings. The minimum Gasteiger partial charge on any atom is -0.385 e. The van der Waals surface area contributed by atoms with Crippen LogP contribution in [0.4, 0.5) is 23.4 Å². The summed E-state index contributed by atoms with van der Waals surface area (Å²) in [4.78, 5) is 29.0. The van der Waals surface area contributed by atoms with Crippen LogP contribution in [0.15, 0.2) is 78.9 Å². The standard InChI is InChI=1S/C31H26F4N6O3/c1-2-40-29-25(26(23(42)16-37-17-36)39-41(29)22-9-4-3-5-10-22)24(18-11-13-21(32)14-12-18)27(30(40)44)38-28(43)19-7-6-8-20(15-19)31(33,34)35/h3-15,23-24,27,37,42H,2,16H2,1H3,(H,38,43)/t23-,24-,27-/m1/s1. The fourth-order valence-corrected chi connectivity index (χ4v) is 5.35. The van der Waals surface area contributed by atoms with Gasteiger partial charge in [0.15, 0.2) is 6.19 Å². The van der Waals surface area contributed by atoms with E-state index in [1.807, 2.05) is 0 Å². The number of benzene rings is 3. The summed E-state index contributed by atoms with van der Waals surface area (Å²) in [7, 11) is 0. The van der Waals surface area contributed by atoms with Crippen LogP contribution in [0, 0.1) is 17.3 Å². The second-order valence-corrected chi connectivity index (χ2v) is 10.0. The van der Waals surface area contributed by atoms with Crippen LogP contribution in [0.1, 0.15) is 51.7 Å². The van der Waals surface area contributed by atoms with E-state index in [4.69, 9.17) is 5.26 Å². The number of nitriles is 1. The topological polar surface area (TPSA) is 123 Å². The van der Waals surface area contributed by atoms with E-state index in [1.165, 1.54) is 39.9 Å². The number of halogens is 4. The molecule has 2 amide bonds. The number of carbonyl (C=O) groups is 2. The molecule has 0 radical (unpaired) electrons. The van der Waals surface area contributed by atoms with Crippen LogP contribution in [0.5, 0.6) is 0 Å². The molecule has 3 N–H and O–H groups in total. The Morgan fingerprint density at radius 3 is 2.43 bits per heavy atom. The van der Waals surface area contributed by atoms with Gasteiger partial charge in [0.2, 0.25) is 0 Å². The molecule has 5 rings (SSSR count). The van der Waals surface area contributed by atoms with Gasteiger partial charge in [0, 0.05) is 23.6 Å². The molecule has 0 spiro atoms. The summed E-state index contributed by atoms with van der Waals surface area (Å²) < 4.78 is 55.7. The summed E-state index contributed by atoms with van der Waals surface area (Å²) in [5, 5.41) is 29.9. The first-order valence-corrected chi connectivity index (χ1v) is 13.6. The number of rotatable bonds is 8. The number of para-hydroxylation sites is 1. The van der Waals surface area contributed by atoms with E-state index in [2.05, 4.69) is 15.7 Å². The van der Waals surface area contributed by atoms with Crippen LogP contribution in [0.25, 0.3) is 5.69 Å². The number of nitrogens with one attached hydrogen (secondary N) is 2. The largest absolute Gasteiger partial charge is 0.416 e. The molecule has 3 aromatic carbocycles. The smallest absolute Gasteiger partial charge is 0.385 e. The fourth-order valence-electron chi connectivity index (χ4n) is 5.35. The highest BCUT2D eigenvalue weighted by Gasteiger charge is 2.47. The number of hydrogen-bond donors (Lipinski definition) is 3. The monoisotopic (exact) mass is 606 g/mol. The molecule has 4 aromatic rings. The van der Waals surface area contributed by atoms with E-state index in [1.54, 1.807) is 43.4 Å². The van der Waals surface area contributed by atoms with E-state index in [0.717, 1.165) is 12.1 Å². The zero-order valence-corrected chi connectivity index (χ0v) is 23.2. The van der Waals surface area contributed by atoms with Crippen molar-refractivity contribution in [3.63, 3.8) is 0 Å². The predicted molar refractivity (Wildman–Crippen MR) is 151 cm³/mol. The van der Waals surface area contributed by atoms with Crippen molar-refractivity contribution in [2.45, 2.75) is 31.2 Å². The number of carbonyl (C=O) groups excluding carboxylic acids is 2. The Labute approximate surface area is 249 Å². The predicted octanol–water partition coefficient (Wildman–Crippen LogP) is 4.43. The Kier molecular flexibility index (Phi) is 8.37. The Hall–Kier alpha value is -5.22. The van der Waals surface area contributed by atoms with E-state index in [0.29, 0.717) is 22.9 Å². The molecule has 1 aliphatic heterocycles. The van der Waals surface area contributed by atoms with Gasteiger partial charge in [0.05, 0.1) is 23.5 Å². The first-order chi connectivity index (χ1) is 21.0. The van der Waals surface area contributed by atoms with Gasteiger partial charge >= 0.3 is 6.18 Å². The minimum atomic E-state index is -4.70. The molecule has 0 aliphatic carbocycles. The lowest BCUT2D eigenvalue weighted by molar-refractivity contribution is -0.137. The molecule has 0 unspecified atom stereocenters. The second-order valence-electron chi connectivity index (χ2n) is 10.0. The highest BCUT2D eigenvalue weighted by molar-refractivity contribution is 6.05. The van der Waals surface area contributed by atoms with Crippen LogP contribution in [0.2, 0.25) is 0 Å². The summed E-state index contributed by atoms with van der Waals surface area (Å²) in [6, 6.07) is 16.4. The minimum absolute atomic E-state index is 0.0881. The van der Waals surface area contributed by atoms with E-state index >= 15 is 0 Å². The lowest BCUT2D eigenvalue weighted by Crippen LogP contribution is -2.55. The van der Waals surface area contributed by atoms with Crippen LogP contribution in [-0.2, 0) is 11.0 Å². The molecule has 0 saturated heterocycles. The van der Waals surface area contributed by atoms with Crippen LogP contribution < -0.4 is 15.5 Å². The first kappa shape index (κ1) is 30.2. The van der Waals surface area contributed by atoms with Gasteiger partial charge in [-0.1, -0.05) is 36.4 Å². The number of anilines is 1. The maximum atomic E-state index is 14.2. The molecule has 0 bridgehead atoms. The Morgan fingerprint density at radius 1 is 1.09 bits per heavy atom. The third kappa shape index (κ3) is 5.71. The number of likely N-dealkylation sites (N-methyl/N-ethyl adjacent to an activating group) is 1. The van der Waals surface area contributed by atoms with Crippen molar-refractivity contribution in [2.75, 3.05) is 18.0 Å². The third-order valence-electron chi connectivity index (χ3n) is 7.33. The first-order valence-electron chi connectivity index (χ1n) is 13.6. The molecule has 44 heavy (non-hydrogen) atoms. The number of alkyl halides is 3. The summed E-state index contributed by atoms with van der Waals surface area (Å²) >= 11 is 0. The van der Waals surface area contributed by atoms with Gasteiger partial charge in [-0.3, -0.25) is 14.5 Å². The van der Waals surface area contributed by atoms with Crippen molar-refractivity contribution in [1.29, 1.82) is 5.26 Å². The molecule has 226 valence electrons. The average molecular weight is 607 g/mol. The van der Waals surface area contributed by atoms with E-state index in [-0.39, 0.29) is 30.2 Å². The van der Waals surface area contributed by atoms with Crippen molar-refractivity contribution >= 4 is 17.6 Å². The summed E-state index contributed by atoms with van der Waals surface area (Å²) in [6.45, 7) is 1.57. The third-order valence-corrected chi connectivity index (χ3v) is 7.33. The molecule has 0 fully saturated rings. The normalized spacial score (nSPS) is 17.0. The quantitative estimate of drug-likeness (QED) is 0.155. The number of aliphatic hydroxyl groups is 1. The van der Waals surface area contributed by atoms with Crippen molar-refractivity contribution in [2.24, 2.45) is 0 Å². The second kappa shape index (κ2) is 12.2. The summed E-state index contributed by atoms with van der Waals surface area (Å²) in [5.41, 5.74) is -0.0231. The molecule has 13 heteroatoms. The number of hydrogen-bond acceptors (Lipinski definition) is 6. The zero-order chi connectivity index (χ0) is 31.6. The van der Waals surface area contributed by atoms with Crippen LogP contribution >= 0.6 is 0 Å². The molecule has 0 saturated carbocycles. The Bertz CT molecular complexity index is 1720. The van der Waals surface area contributed by atoms with Gasteiger partial charge in [-0.05, 0) is 55.0 Å².